The van der Waals surface area contributed by atoms with E-state index in [0.29, 0.717) is 17.5 Å². The van der Waals surface area contributed by atoms with Crippen LogP contribution in [0.3, 0.4) is 0 Å². The van der Waals surface area contributed by atoms with Crippen LogP contribution in [-0.2, 0) is 0 Å². The Labute approximate surface area is 299 Å². The average Bonchev–Trinajstić information content (AvgIpc) is 3.76. The Hall–Kier alpha value is -7.11. The van der Waals surface area contributed by atoms with Crippen LogP contribution in [0, 0.1) is 0 Å². The van der Waals surface area contributed by atoms with Gasteiger partial charge in [-0.1, -0.05) is 122 Å². The number of para-hydroxylation sites is 2. The Morgan fingerprint density at radius 2 is 1.02 bits per heavy atom. The van der Waals surface area contributed by atoms with Crippen molar-refractivity contribution in [2.45, 2.75) is 0 Å². The topological polar surface area (TPSA) is 48.0 Å². The second kappa shape index (κ2) is 11.8. The summed E-state index contributed by atoms with van der Waals surface area (Å²) < 4.78 is 4.71. The van der Waals surface area contributed by atoms with Crippen LogP contribution in [0.4, 0.5) is 0 Å². The molecular formula is C47H31N5. The molecule has 0 bridgehead atoms. The highest BCUT2D eigenvalue weighted by molar-refractivity contribution is 6.14. The zero-order chi connectivity index (χ0) is 34.8. The number of aromatic nitrogens is 5. The number of allylic oxidation sites excluding steroid dienone is 1. The van der Waals surface area contributed by atoms with Crippen molar-refractivity contribution in [3.05, 3.63) is 175 Å². The van der Waals surface area contributed by atoms with Crippen LogP contribution in [0.15, 0.2) is 164 Å². The number of benzene rings is 6. The Morgan fingerprint density at radius 1 is 0.462 bits per heavy atom. The van der Waals surface area contributed by atoms with Crippen LogP contribution in [0.5, 0.6) is 0 Å². The van der Waals surface area contributed by atoms with Gasteiger partial charge in [0.25, 0.3) is 0 Å². The first kappa shape index (κ1) is 29.8. The van der Waals surface area contributed by atoms with Crippen molar-refractivity contribution in [1.29, 1.82) is 0 Å². The minimum absolute atomic E-state index is 0.628. The van der Waals surface area contributed by atoms with Gasteiger partial charge in [0.1, 0.15) is 0 Å². The summed E-state index contributed by atoms with van der Waals surface area (Å²) in [5, 5.41) is 6.75. The number of pyridine rings is 1. The number of hydrogen-bond donors (Lipinski definition) is 0. The van der Waals surface area contributed by atoms with E-state index in [-0.39, 0.29) is 0 Å². The summed E-state index contributed by atoms with van der Waals surface area (Å²) in [5.41, 5.74) is 9.52. The van der Waals surface area contributed by atoms with Crippen LogP contribution in [0.25, 0.3) is 102 Å². The molecule has 5 heteroatoms. The van der Waals surface area contributed by atoms with Gasteiger partial charge in [-0.3, -0.25) is 0 Å². The highest BCUT2D eigenvalue weighted by Crippen LogP contribution is 2.36. The predicted molar refractivity (Wildman–Crippen MR) is 216 cm³/mol. The predicted octanol–water partition coefficient (Wildman–Crippen LogP) is 9.91. The normalized spacial score (nSPS) is 12.1. The van der Waals surface area contributed by atoms with Gasteiger partial charge in [-0.2, -0.15) is 0 Å². The van der Waals surface area contributed by atoms with E-state index in [4.69, 9.17) is 15.0 Å². The van der Waals surface area contributed by atoms with Crippen LogP contribution in [0.2, 0.25) is 0 Å². The Morgan fingerprint density at radius 3 is 1.67 bits per heavy atom. The molecule has 0 fully saturated rings. The molecule has 6 aromatic carbocycles. The van der Waals surface area contributed by atoms with Crippen LogP contribution < -0.4 is 10.4 Å². The second-order valence-corrected chi connectivity index (χ2v) is 13.0. The molecule has 0 aliphatic rings. The van der Waals surface area contributed by atoms with E-state index in [0.717, 1.165) is 60.3 Å². The summed E-state index contributed by atoms with van der Waals surface area (Å²) in [7, 11) is 0. The van der Waals surface area contributed by atoms with Crippen LogP contribution in [-0.4, -0.2) is 23.9 Å². The summed E-state index contributed by atoms with van der Waals surface area (Å²) in [4.78, 5) is 14.8. The molecule has 4 heterocycles. The van der Waals surface area contributed by atoms with Crippen molar-refractivity contribution >= 4 is 61.8 Å². The third-order valence-electron chi connectivity index (χ3n) is 10.0. The molecule has 0 saturated carbocycles. The summed E-state index contributed by atoms with van der Waals surface area (Å²) in [6.45, 7) is 8.64. The third kappa shape index (κ3) is 4.60. The average molecular weight is 666 g/mol. The molecule has 0 amide bonds. The molecule has 0 saturated heterocycles. The van der Waals surface area contributed by atoms with Gasteiger partial charge in [0, 0.05) is 43.9 Å². The van der Waals surface area contributed by atoms with E-state index in [1.807, 2.05) is 66.7 Å². The maximum atomic E-state index is 4.95. The van der Waals surface area contributed by atoms with Crippen molar-refractivity contribution in [2.75, 3.05) is 0 Å². The molecule has 0 spiro atoms. The van der Waals surface area contributed by atoms with E-state index < -0.39 is 0 Å². The first-order valence-corrected chi connectivity index (χ1v) is 17.3. The fourth-order valence-corrected chi connectivity index (χ4v) is 7.63. The lowest BCUT2D eigenvalue weighted by atomic mass is 10.1. The molecular weight excluding hydrogens is 635 g/mol. The molecule has 0 aliphatic heterocycles. The molecule has 0 aliphatic carbocycles. The molecule has 10 aromatic rings. The van der Waals surface area contributed by atoms with Gasteiger partial charge in [0.2, 0.25) is 0 Å². The minimum atomic E-state index is 0.628. The van der Waals surface area contributed by atoms with E-state index in [9.17, 15) is 0 Å². The highest BCUT2D eigenvalue weighted by atomic mass is 15.0. The largest absolute Gasteiger partial charge is 0.309 e. The quantitative estimate of drug-likeness (QED) is 0.184. The lowest BCUT2D eigenvalue weighted by Gasteiger charge is -2.12. The first-order chi connectivity index (χ1) is 25.7. The summed E-state index contributed by atoms with van der Waals surface area (Å²) in [6.07, 6.45) is 3.94. The monoisotopic (exact) mass is 665 g/mol. The summed E-state index contributed by atoms with van der Waals surface area (Å²) >= 11 is 0. The SMILES string of the molecule is C=C/C=c1\c(=C)c2cc3ccccc3n2c2cc3c4ccccc4n(-c4ccc(-c5nc(-c6ccccc6)nc(-c6ccccc6)n5)cc4)c3cc12. The first-order valence-electron chi connectivity index (χ1n) is 17.3. The zero-order valence-corrected chi connectivity index (χ0v) is 28.2. The number of rotatable bonds is 5. The lowest BCUT2D eigenvalue weighted by molar-refractivity contribution is 1.07. The van der Waals surface area contributed by atoms with Gasteiger partial charge in [-0.25, -0.2) is 15.0 Å². The zero-order valence-electron chi connectivity index (χ0n) is 28.2. The highest BCUT2D eigenvalue weighted by Gasteiger charge is 2.18. The van der Waals surface area contributed by atoms with Crippen LogP contribution in [0.1, 0.15) is 0 Å². The van der Waals surface area contributed by atoms with Gasteiger partial charge in [-0.15, -0.1) is 0 Å². The van der Waals surface area contributed by atoms with E-state index in [2.05, 4.69) is 119 Å². The summed E-state index contributed by atoms with van der Waals surface area (Å²) in [5.74, 6) is 1.91. The molecule has 244 valence electrons. The third-order valence-corrected chi connectivity index (χ3v) is 10.0. The van der Waals surface area contributed by atoms with Crippen molar-refractivity contribution in [3.8, 4) is 39.9 Å². The molecule has 52 heavy (non-hydrogen) atoms. The van der Waals surface area contributed by atoms with Crippen LogP contribution >= 0.6 is 0 Å². The second-order valence-electron chi connectivity index (χ2n) is 13.0. The van der Waals surface area contributed by atoms with Gasteiger partial charge in [0.15, 0.2) is 17.5 Å². The number of nitrogens with zero attached hydrogens (tertiary/aromatic N) is 5. The van der Waals surface area contributed by atoms with Crippen molar-refractivity contribution in [3.63, 3.8) is 0 Å². The minimum Gasteiger partial charge on any atom is -0.309 e. The Balaban J connectivity index is 1.19. The molecule has 4 aromatic heterocycles. The maximum Gasteiger partial charge on any atom is 0.164 e. The molecule has 5 nitrogen and oxygen atoms in total. The fraction of sp³-hybridized carbons (Fsp3) is 0. The number of hydrogen-bond acceptors (Lipinski definition) is 3. The van der Waals surface area contributed by atoms with Crippen molar-refractivity contribution in [2.24, 2.45) is 0 Å². The smallest absolute Gasteiger partial charge is 0.164 e. The molecule has 0 unspecified atom stereocenters. The van der Waals surface area contributed by atoms with Crippen molar-refractivity contribution in [1.82, 2.24) is 23.9 Å². The van der Waals surface area contributed by atoms with E-state index >= 15 is 0 Å². The maximum absolute atomic E-state index is 4.95. The van der Waals surface area contributed by atoms with E-state index in [1.54, 1.807) is 0 Å². The molecule has 0 atom stereocenters. The molecule has 0 radical (unpaired) electrons. The summed E-state index contributed by atoms with van der Waals surface area (Å²) in [6, 6.07) is 52.8. The van der Waals surface area contributed by atoms with E-state index in [1.165, 1.54) is 21.7 Å². The molecule has 0 N–H and O–H groups in total. The van der Waals surface area contributed by atoms with Gasteiger partial charge in [0.05, 0.1) is 27.6 Å². The lowest BCUT2D eigenvalue weighted by Crippen LogP contribution is -2.26. The van der Waals surface area contributed by atoms with Gasteiger partial charge in [-0.05, 0) is 65.0 Å². The van der Waals surface area contributed by atoms with Gasteiger partial charge < -0.3 is 8.97 Å². The fourth-order valence-electron chi connectivity index (χ4n) is 7.63. The Bertz CT molecular complexity index is 3080. The Kier molecular flexibility index (Phi) is 6.73. The molecule has 10 rings (SSSR count). The standard InChI is InChI=1S/C47H31N5/c1-3-14-36-30(2)42-27-34-19-10-12-21-40(34)52(42)44-29-39-37-20-11-13-22-41(37)51(43(39)28-38(36)44)35-25-23-33(24-26-35)47-49-45(31-15-6-4-7-16-31)48-46(50-47)32-17-8-5-9-18-32/h3-29H,1-2H2/b36-14+. The number of fused-ring (bicyclic) bond motifs is 8. The van der Waals surface area contributed by atoms with Gasteiger partial charge >= 0.3 is 0 Å². The van der Waals surface area contributed by atoms with Crippen molar-refractivity contribution < 1.29 is 0 Å².